The smallest absolute Gasteiger partial charge is 0.320 e. The number of hydrogen-bond donors (Lipinski definition) is 17. The molecule has 1 aliphatic heterocycles. The maximum atomic E-state index is 13.3. The van der Waals surface area contributed by atoms with Crippen molar-refractivity contribution in [3.63, 3.8) is 0 Å². The number of carbonyl (C=O) groups is 5. The molecule has 14 atom stereocenters. The van der Waals surface area contributed by atoms with E-state index < -0.39 is 154 Å². The van der Waals surface area contributed by atoms with Gasteiger partial charge in [0, 0.05) is 99.3 Å². The summed E-state index contributed by atoms with van der Waals surface area (Å²) in [6, 6.07) is 2.21. The summed E-state index contributed by atoms with van der Waals surface area (Å²) < 4.78 is 0. The number of likely N-dealkylation sites (N-methyl/N-ethyl adjacent to an activating group) is 3. The van der Waals surface area contributed by atoms with Gasteiger partial charge < -0.3 is 106 Å². The van der Waals surface area contributed by atoms with Crippen LogP contribution in [0.4, 0.5) is 0 Å². The number of fused-ring (bicyclic) bond motifs is 2. The van der Waals surface area contributed by atoms with Crippen LogP contribution < -0.4 is 0 Å². The predicted octanol–water partition coefficient (Wildman–Crippen LogP) is -9.07. The Morgan fingerprint density at radius 1 is 0.493 bits per heavy atom. The third-order valence-electron chi connectivity index (χ3n) is 13.2. The van der Waals surface area contributed by atoms with Crippen LogP contribution in [0, 0.1) is 0 Å². The number of aromatic nitrogens is 1. The average molecular weight is 1080 g/mol. The van der Waals surface area contributed by atoms with Gasteiger partial charge in [-0.3, -0.25) is 38.8 Å². The van der Waals surface area contributed by atoms with E-state index in [2.05, 4.69) is 0 Å². The van der Waals surface area contributed by atoms with Crippen LogP contribution in [0.5, 0.6) is 0 Å². The first-order valence-corrected chi connectivity index (χ1v) is 24.5. The van der Waals surface area contributed by atoms with Gasteiger partial charge in [-0.15, -0.1) is 0 Å². The van der Waals surface area contributed by atoms with Crippen molar-refractivity contribution in [1.29, 1.82) is 0 Å². The van der Waals surface area contributed by atoms with E-state index in [4.69, 9.17) is 20.3 Å². The molecule has 3 amide bonds. The molecule has 2 rings (SSSR count). The van der Waals surface area contributed by atoms with Gasteiger partial charge in [-0.05, 0) is 37.9 Å². The fraction of sp³-hybridized carbons (Fsp3) is 0.783. The van der Waals surface area contributed by atoms with Crippen molar-refractivity contribution in [1.82, 2.24) is 34.4 Å². The van der Waals surface area contributed by atoms with E-state index in [1.807, 2.05) is 4.90 Å². The van der Waals surface area contributed by atoms with Crippen molar-refractivity contribution in [2.24, 2.45) is 0 Å². The van der Waals surface area contributed by atoms with Crippen molar-refractivity contribution in [2.45, 2.75) is 137 Å². The highest BCUT2D eigenvalue weighted by Gasteiger charge is 2.36. The van der Waals surface area contributed by atoms with Crippen molar-refractivity contribution >= 4 is 29.7 Å². The first-order valence-electron chi connectivity index (χ1n) is 24.5. The zero-order chi connectivity index (χ0) is 56.9. The Labute approximate surface area is 433 Å². The summed E-state index contributed by atoms with van der Waals surface area (Å²) >= 11 is 0. The van der Waals surface area contributed by atoms with Crippen molar-refractivity contribution in [2.75, 3.05) is 93.3 Å². The minimum Gasteiger partial charge on any atom is -0.480 e. The standard InChI is InChI=1S/C46H81N7O22/c1-48(20-30(57)39(66)42(69)33(60)23-54)36(63)8-5-13-51-14-16-52(28(45(72)73)9-11-37(64)49(2)21-31(58)40(67)43(70)34(61)24-55)18-26-6-4-7-27(47-26)19-53(17-15-51)29(46(74)75)10-12-38(65)50(3)22-32(59)41(68)44(71)35(62)25-56/h4,6-7,28-35,39-44,54-62,66-71H,5,8-25H2,1-3H3,(H,72,73)(H,74,75)/t28?,29?,30-,31-,32-,33+,34+,35+,39+,40+,41+,42+,43+,44+/m0/s1. The number of aliphatic hydroxyl groups is 15. The van der Waals surface area contributed by atoms with Crippen LogP contribution in [0.2, 0.25) is 0 Å². The summed E-state index contributed by atoms with van der Waals surface area (Å²) in [4.78, 5) is 78.5. The van der Waals surface area contributed by atoms with E-state index in [9.17, 15) is 95.5 Å². The molecule has 0 fully saturated rings. The van der Waals surface area contributed by atoms with E-state index >= 15 is 0 Å². The molecule has 2 heterocycles. The first kappa shape index (κ1) is 66.9. The van der Waals surface area contributed by atoms with Crippen molar-refractivity contribution in [3.8, 4) is 0 Å². The summed E-state index contributed by atoms with van der Waals surface area (Å²) in [7, 11) is 3.86. The third kappa shape index (κ3) is 21.6. The zero-order valence-electron chi connectivity index (χ0n) is 42.5. The Hall–Kier alpha value is -4.22. The molecule has 75 heavy (non-hydrogen) atoms. The molecule has 29 heteroatoms. The summed E-state index contributed by atoms with van der Waals surface area (Å²) in [5, 5.41) is 170. The molecule has 0 spiro atoms. The molecular weight excluding hydrogens is 1000 g/mol. The number of amides is 3. The van der Waals surface area contributed by atoms with Crippen LogP contribution >= 0.6 is 0 Å². The van der Waals surface area contributed by atoms with E-state index in [1.165, 1.54) is 21.1 Å². The van der Waals surface area contributed by atoms with E-state index in [0.717, 1.165) is 14.7 Å². The van der Waals surface area contributed by atoms with Gasteiger partial charge in [-0.2, -0.15) is 0 Å². The number of carboxylic acids is 2. The lowest BCUT2D eigenvalue weighted by atomic mass is 10.0. The molecule has 0 saturated heterocycles. The minimum absolute atomic E-state index is 0.00254. The number of aliphatic carboxylic acids is 2. The minimum atomic E-state index is -1.95. The monoisotopic (exact) mass is 1080 g/mol. The molecule has 2 unspecified atom stereocenters. The van der Waals surface area contributed by atoms with Crippen molar-refractivity contribution in [3.05, 3.63) is 29.6 Å². The predicted molar refractivity (Wildman–Crippen MR) is 258 cm³/mol. The molecule has 1 aromatic heterocycles. The number of pyridine rings is 1. The first-order chi connectivity index (χ1) is 35.2. The molecule has 29 nitrogen and oxygen atoms in total. The highest BCUT2D eigenvalue weighted by atomic mass is 16.4. The molecular formula is C46H81N7O22. The molecule has 432 valence electrons. The molecule has 1 aromatic rings. The van der Waals surface area contributed by atoms with Gasteiger partial charge in [-0.25, -0.2) is 0 Å². The molecule has 0 aliphatic carbocycles. The molecule has 0 radical (unpaired) electrons. The maximum Gasteiger partial charge on any atom is 0.320 e. The second-order valence-corrected chi connectivity index (χ2v) is 19.0. The van der Waals surface area contributed by atoms with Crippen LogP contribution in [0.15, 0.2) is 18.2 Å². The number of carboxylic acid groups (broad SMARTS) is 2. The largest absolute Gasteiger partial charge is 0.480 e. The van der Waals surface area contributed by atoms with Crippen LogP contribution in [0.3, 0.4) is 0 Å². The van der Waals surface area contributed by atoms with E-state index in [-0.39, 0.29) is 84.3 Å². The molecule has 2 bridgehead atoms. The van der Waals surface area contributed by atoms with Crippen molar-refractivity contribution < 1.29 is 111 Å². The van der Waals surface area contributed by atoms with Gasteiger partial charge in [-0.1, -0.05) is 6.07 Å². The van der Waals surface area contributed by atoms with Gasteiger partial charge in [0.1, 0.15) is 85.3 Å². The molecule has 1 aliphatic rings. The fourth-order valence-electron chi connectivity index (χ4n) is 8.32. The molecule has 0 saturated carbocycles. The Balaban J connectivity index is 2.43. The lowest BCUT2D eigenvalue weighted by Crippen LogP contribution is -2.50. The number of carbonyl (C=O) groups excluding carboxylic acids is 3. The second kappa shape index (κ2) is 33.2. The van der Waals surface area contributed by atoms with E-state index in [1.54, 1.807) is 28.0 Å². The van der Waals surface area contributed by atoms with Crippen LogP contribution in [0.1, 0.15) is 49.9 Å². The third-order valence-corrected chi connectivity index (χ3v) is 13.2. The Kier molecular flexibility index (Phi) is 29.6. The van der Waals surface area contributed by atoms with Gasteiger partial charge in [0.2, 0.25) is 17.7 Å². The highest BCUT2D eigenvalue weighted by Crippen LogP contribution is 2.20. The van der Waals surface area contributed by atoms with Gasteiger partial charge in [0.25, 0.3) is 0 Å². The molecule has 17 N–H and O–H groups in total. The van der Waals surface area contributed by atoms with Gasteiger partial charge >= 0.3 is 11.9 Å². The molecule has 0 aromatic carbocycles. The Morgan fingerprint density at radius 3 is 1.11 bits per heavy atom. The van der Waals surface area contributed by atoms with Crippen LogP contribution in [-0.4, -0.2) is 330 Å². The quantitative estimate of drug-likeness (QED) is 0.0319. The zero-order valence-corrected chi connectivity index (χ0v) is 42.5. The SMILES string of the molecule is CN(C[C@H](O)[C@@H](O)[C@H](O)[C@H](O)CO)C(=O)CCCN1CCN(C(CCC(=O)N(C)C[C@H](O)[C@@H](O)[C@H](O)[C@H](O)CO)C(=O)O)Cc2cccc(n2)CN(C(CCC(=O)N(C)C[C@H](O)[C@@H](O)[C@H](O)[C@H](O)CO)C(=O)O)CC1. The normalized spacial score (nSPS) is 20.0. The van der Waals surface area contributed by atoms with Gasteiger partial charge in [0.15, 0.2) is 0 Å². The summed E-state index contributed by atoms with van der Waals surface area (Å²) in [6.07, 6.45) is -23.5. The van der Waals surface area contributed by atoms with E-state index in [0.29, 0.717) is 11.4 Å². The lowest BCUT2D eigenvalue weighted by molar-refractivity contribution is -0.146. The average Bonchev–Trinajstić information content (AvgIpc) is 3.37. The lowest BCUT2D eigenvalue weighted by Gasteiger charge is -2.35. The number of hydrogen-bond acceptors (Lipinski definition) is 24. The highest BCUT2D eigenvalue weighted by molar-refractivity contribution is 5.79. The number of nitrogens with zero attached hydrogens (tertiary/aromatic N) is 7. The number of aliphatic hydroxyl groups excluding tert-OH is 15. The van der Waals surface area contributed by atoms with Gasteiger partial charge in [0.05, 0.1) is 31.2 Å². The summed E-state index contributed by atoms with van der Waals surface area (Å²) in [6.45, 7) is -4.13. The second-order valence-electron chi connectivity index (χ2n) is 19.0. The summed E-state index contributed by atoms with van der Waals surface area (Å²) in [5.41, 5.74) is 0.714. The number of rotatable bonds is 32. The maximum absolute atomic E-state index is 13.3. The summed E-state index contributed by atoms with van der Waals surface area (Å²) in [5.74, 6) is -4.43. The van der Waals surface area contributed by atoms with Crippen LogP contribution in [0.25, 0.3) is 0 Å². The Bertz CT molecular complexity index is 1800. The Morgan fingerprint density at radius 2 is 0.800 bits per heavy atom. The fourth-order valence-corrected chi connectivity index (χ4v) is 8.32. The van der Waals surface area contributed by atoms with Crippen LogP contribution in [-0.2, 0) is 37.1 Å². The topological polar surface area (TPSA) is 462 Å².